The van der Waals surface area contributed by atoms with Gasteiger partial charge in [-0.3, -0.25) is 4.79 Å². The van der Waals surface area contributed by atoms with Crippen LogP contribution in [0.1, 0.15) is 10.4 Å². The van der Waals surface area contributed by atoms with E-state index in [1.165, 1.54) is 6.07 Å². The van der Waals surface area contributed by atoms with E-state index in [0.717, 1.165) is 6.07 Å². The number of rotatable bonds is 3. The van der Waals surface area contributed by atoms with E-state index >= 15 is 0 Å². The Balaban J connectivity index is 3.52. The van der Waals surface area contributed by atoms with Crippen molar-refractivity contribution in [2.45, 2.75) is 4.90 Å². The first kappa shape index (κ1) is 13.7. The van der Waals surface area contributed by atoms with Gasteiger partial charge in [0.15, 0.2) is 5.78 Å². The summed E-state index contributed by atoms with van der Waals surface area (Å²) < 4.78 is 22.3. The molecule has 0 heterocycles. The molecule has 0 saturated carbocycles. The van der Waals surface area contributed by atoms with Crippen LogP contribution in [0.5, 0.6) is 0 Å². The Hall–Kier alpha value is -0.330. The summed E-state index contributed by atoms with van der Waals surface area (Å²) in [5.41, 5.74) is 0.0495. The lowest BCUT2D eigenvalue weighted by Crippen LogP contribution is -2.14. The van der Waals surface area contributed by atoms with E-state index < -0.39 is 20.7 Å². The predicted molar refractivity (Wildman–Crippen MR) is 62.9 cm³/mol. The normalized spacial score (nSPS) is 11.5. The highest BCUT2D eigenvalue weighted by Crippen LogP contribution is 2.30. The number of benzene rings is 1. The Morgan fingerprint density at radius 3 is 2.31 bits per heavy atom. The summed E-state index contributed by atoms with van der Waals surface area (Å²) in [5, 5.41) is 4.64. The van der Waals surface area contributed by atoms with Crippen LogP contribution in [0.4, 0.5) is 0 Å². The molecule has 16 heavy (non-hydrogen) atoms. The minimum Gasteiger partial charge on any atom is -0.293 e. The molecule has 0 saturated heterocycles. The van der Waals surface area contributed by atoms with Crippen molar-refractivity contribution in [3.8, 4) is 0 Å². The third kappa shape index (κ3) is 2.87. The fourth-order valence-corrected chi connectivity index (χ4v) is 2.52. The zero-order chi connectivity index (χ0) is 12.5. The van der Waals surface area contributed by atoms with E-state index in [1.54, 1.807) is 0 Å². The third-order valence-corrected chi connectivity index (χ3v) is 3.84. The summed E-state index contributed by atoms with van der Waals surface area (Å²) in [6, 6.07) is 2.29. The molecule has 0 aliphatic heterocycles. The molecule has 1 aromatic rings. The highest BCUT2D eigenvalue weighted by atomic mass is 35.5. The van der Waals surface area contributed by atoms with E-state index in [1.807, 2.05) is 0 Å². The predicted octanol–water partition coefficient (Wildman–Crippen LogP) is 2.06. The topological polar surface area (TPSA) is 77.2 Å². The van der Waals surface area contributed by atoms with E-state index in [4.69, 9.17) is 39.9 Å². The van der Waals surface area contributed by atoms with Gasteiger partial charge in [-0.05, 0) is 12.1 Å². The number of nitrogens with two attached hydrogens (primary N) is 1. The summed E-state index contributed by atoms with van der Waals surface area (Å²) in [4.78, 5) is 10.9. The van der Waals surface area contributed by atoms with Crippen LogP contribution in [0.3, 0.4) is 0 Å². The molecule has 0 aliphatic carbocycles. The van der Waals surface area contributed by atoms with E-state index in [2.05, 4.69) is 0 Å². The largest absolute Gasteiger partial charge is 0.293 e. The maximum atomic E-state index is 11.3. The molecule has 0 amide bonds. The smallest absolute Gasteiger partial charge is 0.239 e. The van der Waals surface area contributed by atoms with Crippen molar-refractivity contribution in [3.63, 3.8) is 0 Å². The fraction of sp³-hybridized carbons (Fsp3) is 0.125. The quantitative estimate of drug-likeness (QED) is 0.686. The standard InChI is InChI=1S/C8H6Cl3NO3S/c9-3-6(13)4-1-5(10)8(11)7(2-4)16(12,14)15/h1-2H,3H2,(H2,12,14,15). The van der Waals surface area contributed by atoms with Crippen LogP contribution in [0.25, 0.3) is 0 Å². The molecule has 2 N–H and O–H groups in total. The van der Waals surface area contributed by atoms with Gasteiger partial charge in [0.1, 0.15) is 4.90 Å². The van der Waals surface area contributed by atoms with Crippen molar-refractivity contribution >= 4 is 50.6 Å². The van der Waals surface area contributed by atoms with E-state index in [-0.39, 0.29) is 21.5 Å². The minimum absolute atomic E-state index is 0.0495. The third-order valence-electron chi connectivity index (χ3n) is 1.74. The molecule has 0 bridgehead atoms. The molecule has 0 fully saturated rings. The highest BCUT2D eigenvalue weighted by Gasteiger charge is 2.19. The summed E-state index contributed by atoms with van der Waals surface area (Å²) >= 11 is 16.7. The van der Waals surface area contributed by atoms with Gasteiger partial charge in [-0.2, -0.15) is 0 Å². The molecule has 1 aromatic carbocycles. The second-order valence-corrected chi connectivity index (χ2v) is 5.45. The van der Waals surface area contributed by atoms with Crippen LogP contribution in [0, 0.1) is 0 Å². The lowest BCUT2D eigenvalue weighted by atomic mass is 10.1. The lowest BCUT2D eigenvalue weighted by Gasteiger charge is -2.06. The van der Waals surface area contributed by atoms with Crippen molar-refractivity contribution in [1.82, 2.24) is 0 Å². The molecule has 0 aromatic heterocycles. The molecule has 88 valence electrons. The zero-order valence-corrected chi connectivity index (χ0v) is 10.8. The van der Waals surface area contributed by atoms with Gasteiger partial charge in [-0.25, -0.2) is 13.6 Å². The van der Waals surface area contributed by atoms with Gasteiger partial charge in [-0.15, -0.1) is 11.6 Å². The van der Waals surface area contributed by atoms with Crippen LogP contribution in [0.2, 0.25) is 10.0 Å². The van der Waals surface area contributed by atoms with Gasteiger partial charge in [0.2, 0.25) is 10.0 Å². The van der Waals surface area contributed by atoms with Crippen LogP contribution >= 0.6 is 34.8 Å². The second-order valence-electron chi connectivity index (χ2n) is 2.87. The SMILES string of the molecule is NS(=O)(=O)c1cc(C(=O)CCl)cc(Cl)c1Cl. The maximum Gasteiger partial charge on any atom is 0.239 e. The van der Waals surface area contributed by atoms with Crippen molar-refractivity contribution < 1.29 is 13.2 Å². The van der Waals surface area contributed by atoms with Crippen LogP contribution in [0.15, 0.2) is 17.0 Å². The van der Waals surface area contributed by atoms with Gasteiger partial charge >= 0.3 is 0 Å². The van der Waals surface area contributed by atoms with Gasteiger partial charge in [0.05, 0.1) is 15.9 Å². The number of carbonyl (C=O) groups is 1. The van der Waals surface area contributed by atoms with Crippen molar-refractivity contribution in [1.29, 1.82) is 0 Å². The molecule has 0 aliphatic rings. The van der Waals surface area contributed by atoms with Gasteiger partial charge < -0.3 is 0 Å². The number of hydrogen-bond acceptors (Lipinski definition) is 3. The minimum atomic E-state index is -4.03. The number of halogens is 3. The number of alkyl halides is 1. The van der Waals surface area contributed by atoms with Crippen LogP contribution in [-0.4, -0.2) is 20.1 Å². The molecule has 0 atom stereocenters. The second kappa shape index (κ2) is 4.89. The summed E-state index contributed by atoms with van der Waals surface area (Å²) in [6.45, 7) is 0. The Labute approximate surface area is 107 Å². The molecule has 0 radical (unpaired) electrons. The zero-order valence-electron chi connectivity index (χ0n) is 7.71. The average molecular weight is 303 g/mol. The molecule has 0 spiro atoms. The fourth-order valence-electron chi connectivity index (χ4n) is 1.01. The lowest BCUT2D eigenvalue weighted by molar-refractivity contribution is 0.102. The molecular weight excluding hydrogens is 297 g/mol. The first-order chi connectivity index (χ1) is 7.27. The maximum absolute atomic E-state index is 11.3. The van der Waals surface area contributed by atoms with Gasteiger partial charge in [-0.1, -0.05) is 23.2 Å². The molecular formula is C8H6Cl3NO3S. The van der Waals surface area contributed by atoms with Gasteiger partial charge in [0, 0.05) is 5.56 Å². The Bertz CT molecular complexity index is 542. The van der Waals surface area contributed by atoms with Crippen molar-refractivity contribution in [2.24, 2.45) is 5.14 Å². The number of Topliss-reactive ketones (excluding diaryl/α,β-unsaturated/α-hetero) is 1. The molecule has 8 heteroatoms. The number of carbonyl (C=O) groups excluding carboxylic acids is 1. The highest BCUT2D eigenvalue weighted by molar-refractivity contribution is 7.89. The van der Waals surface area contributed by atoms with Crippen molar-refractivity contribution in [3.05, 3.63) is 27.7 Å². The summed E-state index contributed by atoms with van der Waals surface area (Å²) in [7, 11) is -4.03. The van der Waals surface area contributed by atoms with E-state index in [0.29, 0.717) is 0 Å². The number of ketones is 1. The summed E-state index contributed by atoms with van der Waals surface area (Å²) in [6.07, 6.45) is 0. The summed E-state index contributed by atoms with van der Waals surface area (Å²) in [5.74, 6) is -0.757. The average Bonchev–Trinajstić information content (AvgIpc) is 2.18. The first-order valence-electron chi connectivity index (χ1n) is 3.88. The molecule has 0 unspecified atom stereocenters. The number of sulfonamides is 1. The Kier molecular flexibility index (Phi) is 4.20. The van der Waals surface area contributed by atoms with E-state index in [9.17, 15) is 13.2 Å². The van der Waals surface area contributed by atoms with Gasteiger partial charge in [0.25, 0.3) is 0 Å². The van der Waals surface area contributed by atoms with Crippen molar-refractivity contribution in [2.75, 3.05) is 5.88 Å². The number of primary sulfonamides is 1. The molecule has 1 rings (SSSR count). The monoisotopic (exact) mass is 301 g/mol. The van der Waals surface area contributed by atoms with Crippen LogP contribution < -0.4 is 5.14 Å². The Morgan fingerprint density at radius 2 is 1.88 bits per heavy atom. The number of hydrogen-bond donors (Lipinski definition) is 1. The Morgan fingerprint density at radius 1 is 1.31 bits per heavy atom. The molecule has 4 nitrogen and oxygen atoms in total. The van der Waals surface area contributed by atoms with Crippen LogP contribution in [-0.2, 0) is 10.0 Å². The first-order valence-corrected chi connectivity index (χ1v) is 6.72.